The maximum Gasteiger partial charge on any atom is 0.261 e. The Morgan fingerprint density at radius 2 is 1.35 bits per heavy atom. The molecule has 378 valence electrons. The number of hydrogen-bond donors (Lipinski definition) is 4. The lowest BCUT2D eigenvalue weighted by atomic mass is 9.76. The minimum Gasteiger partial charge on any atom is -0.394 e. The lowest BCUT2D eigenvalue weighted by Crippen LogP contribution is -2.53. The number of hydrogen-bond acceptors (Lipinski definition) is 15. The number of imidazole rings is 2. The molecule has 10 rings (SSSR count). The highest BCUT2D eigenvalue weighted by atomic mass is 32.5. The van der Waals surface area contributed by atoms with Crippen LogP contribution >= 0.6 is 6.64 Å². The van der Waals surface area contributed by atoms with Crippen molar-refractivity contribution >= 4 is 64.7 Å². The lowest BCUT2D eigenvalue weighted by molar-refractivity contribution is -0.0264. The van der Waals surface area contributed by atoms with Gasteiger partial charge in [-0.25, -0.2) is 46.6 Å². The highest BCUT2D eigenvalue weighted by molar-refractivity contribution is 8.09. The molecule has 2 aliphatic heterocycles. The molecule has 22 heteroatoms. The molecule has 1 unspecified atom stereocenters. The van der Waals surface area contributed by atoms with E-state index in [1.54, 1.807) is 47.8 Å². The first-order chi connectivity index (χ1) is 36.2. The van der Waals surface area contributed by atoms with Crippen molar-refractivity contribution in [3.8, 4) is 0 Å². The van der Waals surface area contributed by atoms with E-state index in [0.717, 1.165) is 16.7 Å². The Bertz CT molecular complexity index is 3210. The van der Waals surface area contributed by atoms with Crippen LogP contribution in [0.4, 0.5) is 11.6 Å². The summed E-state index contributed by atoms with van der Waals surface area (Å²) in [4.78, 5) is 50.1. The fourth-order valence-electron chi connectivity index (χ4n) is 9.44. The van der Waals surface area contributed by atoms with Gasteiger partial charge in [-0.3, -0.25) is 19.2 Å². The van der Waals surface area contributed by atoms with E-state index in [1.807, 2.05) is 84.2 Å². The van der Waals surface area contributed by atoms with E-state index in [1.165, 1.54) is 12.7 Å². The molecule has 20 nitrogen and oxygen atoms in total. The number of rotatable bonds is 20. The van der Waals surface area contributed by atoms with E-state index in [2.05, 4.69) is 86.9 Å². The van der Waals surface area contributed by atoms with Gasteiger partial charge in [0.25, 0.3) is 12.5 Å². The monoisotopic (exact) mass is 1030 g/mol. The summed E-state index contributed by atoms with van der Waals surface area (Å²) in [6.45, 7) is 3.64. The van der Waals surface area contributed by atoms with E-state index < -0.39 is 48.9 Å². The smallest absolute Gasteiger partial charge is 0.261 e. The summed E-state index contributed by atoms with van der Waals surface area (Å²) >= 11 is 6.32. The predicted octanol–water partition coefficient (Wildman–Crippen LogP) is 6.79. The van der Waals surface area contributed by atoms with Crippen LogP contribution in [0.3, 0.4) is 0 Å². The second kappa shape index (κ2) is 22.5. The number of amides is 1. The number of aliphatic imine (C=N–C) groups is 1. The van der Waals surface area contributed by atoms with E-state index in [9.17, 15) is 9.90 Å². The zero-order valence-corrected chi connectivity index (χ0v) is 42.1. The molecule has 7 atom stereocenters. The second-order valence-electron chi connectivity index (χ2n) is 17.9. The van der Waals surface area contributed by atoms with Crippen LogP contribution in [-0.2, 0) is 35.9 Å². The first kappa shape index (κ1) is 50.3. The molecule has 0 bridgehead atoms. The Hall–Kier alpha value is -7.22. The van der Waals surface area contributed by atoms with Gasteiger partial charge in [0.1, 0.15) is 31.7 Å². The largest absolute Gasteiger partial charge is 0.394 e. The summed E-state index contributed by atoms with van der Waals surface area (Å²) in [5.41, 5.74) is 4.43. The first-order valence-electron chi connectivity index (χ1n) is 23.9. The number of benzene rings is 4. The molecule has 0 saturated carbocycles. The summed E-state index contributed by atoms with van der Waals surface area (Å²) in [7, 11) is 3.76. The minimum atomic E-state index is -3.52. The summed E-state index contributed by atoms with van der Waals surface area (Å²) in [6, 6.07) is 38.7. The highest BCUT2D eigenvalue weighted by Gasteiger charge is 2.46. The third-order valence-electron chi connectivity index (χ3n) is 12.9. The topological polar surface area (TPSA) is 217 Å². The Kier molecular flexibility index (Phi) is 15.3. The van der Waals surface area contributed by atoms with Crippen molar-refractivity contribution in [3.05, 3.63) is 180 Å². The van der Waals surface area contributed by atoms with Gasteiger partial charge in [0.15, 0.2) is 34.0 Å². The fourth-order valence-corrected chi connectivity index (χ4v) is 11.8. The summed E-state index contributed by atoms with van der Waals surface area (Å²) < 4.78 is 30.3. The summed E-state index contributed by atoms with van der Waals surface area (Å²) in [5, 5.41) is 21.2. The van der Waals surface area contributed by atoms with Gasteiger partial charge in [-0.05, 0) is 40.6 Å². The molecule has 2 aliphatic rings. The number of carbonyl (C=O) groups is 1. The van der Waals surface area contributed by atoms with E-state index in [-0.39, 0.29) is 44.5 Å². The van der Waals surface area contributed by atoms with Crippen molar-refractivity contribution in [2.75, 3.05) is 45.8 Å². The Morgan fingerprint density at radius 3 is 1.95 bits per heavy atom. The molecule has 74 heavy (non-hydrogen) atoms. The van der Waals surface area contributed by atoms with Crippen molar-refractivity contribution in [1.82, 2.24) is 54.3 Å². The highest BCUT2D eigenvalue weighted by Crippen LogP contribution is 2.49. The Balaban J connectivity index is 0.962. The zero-order valence-electron chi connectivity index (χ0n) is 40.4. The molecule has 8 aromatic rings. The molecule has 0 spiro atoms. The second-order valence-corrected chi connectivity index (χ2v) is 21.1. The zero-order chi connectivity index (χ0) is 51.1. The van der Waals surface area contributed by atoms with Gasteiger partial charge in [-0.15, -0.1) is 0 Å². The number of aromatic nitrogens is 8. The third kappa shape index (κ3) is 10.6. The van der Waals surface area contributed by atoms with Crippen LogP contribution in [0, 0.1) is 6.57 Å². The third-order valence-corrected chi connectivity index (χ3v) is 15.5. The van der Waals surface area contributed by atoms with Crippen molar-refractivity contribution in [2.45, 2.75) is 55.1 Å². The number of nitrogens with zero attached hydrogens (tertiary/aromatic N) is 11. The first-order valence-corrected chi connectivity index (χ1v) is 26.6. The number of nitrogens with one attached hydrogen (secondary N) is 3. The van der Waals surface area contributed by atoms with Gasteiger partial charge in [0, 0.05) is 44.6 Å². The average Bonchev–Trinajstić information content (AvgIpc) is 4.26. The number of aliphatic hydroxyl groups excluding tert-OH is 1. The van der Waals surface area contributed by atoms with Crippen LogP contribution in [-0.4, -0.2) is 126 Å². The van der Waals surface area contributed by atoms with Gasteiger partial charge in [-0.1, -0.05) is 109 Å². The van der Waals surface area contributed by atoms with Gasteiger partial charge < -0.3 is 38.7 Å². The number of aliphatic hydroxyl groups is 1. The molecule has 4 aromatic carbocycles. The molecular formula is C52H53N14O6PS. The van der Waals surface area contributed by atoms with Crippen LogP contribution < -0.4 is 15.7 Å². The molecule has 0 radical (unpaired) electrons. The normalized spacial score (nSPS) is 20.7. The van der Waals surface area contributed by atoms with Crippen LogP contribution in [0.25, 0.3) is 27.2 Å². The standard InChI is InChI=1S/C52H53N14O6PS/c1-53-24-25-69-73(74,63-40-27-44(71-41(40)28-67)66-34-59-46-48(55-31-57-50(46)66)61-51(68)35-16-8-4-9-17-35)70-29-42-39(26-43(72-42)65-33-58-45-47(60-32-64(2)3)54-30-56-49(45)65)62-52(36-18-10-5-11-19-36,37-20-12-6-13-21-37)38-22-14-7-15-23-38/h4-23,30-34,39-44,62,67H,24-29H2,2-3H3,(H,63,74)(H,55,57,61,68)/b60-32-/t39-,40-,41-,42-,43-,44-,73?/m1/s1. The van der Waals surface area contributed by atoms with Crippen molar-refractivity contribution in [2.24, 2.45) is 4.99 Å². The van der Waals surface area contributed by atoms with Crippen LogP contribution in [0.2, 0.25) is 0 Å². The van der Waals surface area contributed by atoms with Crippen LogP contribution in [0.1, 0.15) is 52.3 Å². The Labute approximate surface area is 431 Å². The predicted molar refractivity (Wildman–Crippen MR) is 282 cm³/mol. The number of fused-ring (bicyclic) bond motifs is 2. The van der Waals surface area contributed by atoms with Crippen molar-refractivity contribution in [1.29, 1.82) is 0 Å². The number of anilines is 1. The Morgan fingerprint density at radius 1 is 0.797 bits per heavy atom. The molecule has 2 fully saturated rings. The maximum absolute atomic E-state index is 13.1. The van der Waals surface area contributed by atoms with Gasteiger partial charge >= 0.3 is 0 Å². The van der Waals surface area contributed by atoms with Crippen molar-refractivity contribution < 1.29 is 28.4 Å². The quantitative estimate of drug-likeness (QED) is 0.0154. The summed E-state index contributed by atoms with van der Waals surface area (Å²) in [6.07, 6.45) is 5.76. The van der Waals surface area contributed by atoms with Gasteiger partial charge in [0.05, 0.1) is 50.0 Å². The van der Waals surface area contributed by atoms with Crippen LogP contribution in [0.5, 0.6) is 0 Å². The molecule has 6 heterocycles. The molecule has 0 aliphatic carbocycles. The molecule has 4 aromatic heterocycles. The number of ether oxygens (including phenoxy) is 2. The SMILES string of the molecule is [C-]#[N+]CCOP(=S)(N[C@@H]1C[C@H](n2cnc3c(NC(=O)c4ccccc4)ncnc32)O[C@@H]1CO)OC[C@H]1O[C@@H](n2cnc3c(/N=C\N(C)C)ncnc32)C[C@H]1NC(c1ccccc1)(c1ccccc1)c1ccccc1. The lowest BCUT2D eigenvalue weighted by Gasteiger charge is -2.40. The van der Waals surface area contributed by atoms with E-state index >= 15 is 0 Å². The van der Waals surface area contributed by atoms with Crippen molar-refractivity contribution in [3.63, 3.8) is 0 Å². The molecule has 2 saturated heterocycles. The molecular weight excluding hydrogens is 980 g/mol. The molecule has 1 amide bonds. The summed E-state index contributed by atoms with van der Waals surface area (Å²) in [5.74, 6) is 0.303. The fraction of sp³-hybridized carbons (Fsp3) is 0.288. The van der Waals surface area contributed by atoms with Gasteiger partial charge in [-0.2, -0.15) is 0 Å². The van der Waals surface area contributed by atoms with Gasteiger partial charge in [0.2, 0.25) is 6.54 Å². The minimum absolute atomic E-state index is 0.0105. The van der Waals surface area contributed by atoms with E-state index in [4.69, 9.17) is 41.9 Å². The number of carbonyl (C=O) groups excluding carboxylic acids is 1. The maximum atomic E-state index is 13.1. The van der Waals surface area contributed by atoms with E-state index in [0.29, 0.717) is 40.1 Å². The van der Waals surface area contributed by atoms with Crippen LogP contribution in [0.15, 0.2) is 152 Å². The average molecular weight is 1030 g/mol. The molecule has 4 N–H and O–H groups in total.